The average molecular weight is 799 g/mol. The normalized spacial score (nSPS) is 11.7. The highest BCUT2D eigenvalue weighted by Crippen LogP contribution is 2.54. The van der Waals surface area contributed by atoms with Crippen molar-refractivity contribution in [3.63, 3.8) is 0 Å². The van der Waals surface area contributed by atoms with Crippen LogP contribution in [-0.4, -0.2) is 24.8 Å². The maximum Gasteiger partial charge on any atom is 0.343 e. The highest BCUT2D eigenvalue weighted by atomic mass is 35.5. The van der Waals surface area contributed by atoms with Crippen LogP contribution >= 0.6 is 37.5 Å². The Hall–Kier alpha value is -4.85. The number of rotatable bonds is 10. The van der Waals surface area contributed by atoms with Crippen LogP contribution in [0.5, 0.6) is 11.5 Å². The van der Waals surface area contributed by atoms with Gasteiger partial charge in [-0.3, -0.25) is 0 Å². The SMILES string of the molecule is COC(=O)COc1c(Cl)ccc(P(=O)(c2ccc(F)cc2)c2ccc(F)cc2)c1-c1c(P(=O)(c2ccc(F)cc2)c2ccc(F)cc2)ccc(Cl)c1O. The van der Waals surface area contributed by atoms with E-state index in [1.165, 1.54) is 72.8 Å². The fraction of sp³-hybridized carbons (Fsp3) is 0.0513. The van der Waals surface area contributed by atoms with Gasteiger partial charge >= 0.3 is 5.97 Å². The van der Waals surface area contributed by atoms with E-state index in [9.17, 15) is 27.5 Å². The lowest BCUT2D eigenvalue weighted by Crippen LogP contribution is -2.30. The lowest BCUT2D eigenvalue weighted by Gasteiger charge is -2.29. The smallest absolute Gasteiger partial charge is 0.343 e. The molecule has 6 aromatic rings. The second-order valence-electron chi connectivity index (χ2n) is 11.5. The number of hydrogen-bond acceptors (Lipinski definition) is 6. The molecule has 0 aromatic heterocycles. The minimum atomic E-state index is -4.32. The zero-order valence-corrected chi connectivity index (χ0v) is 30.7. The highest BCUT2D eigenvalue weighted by molar-refractivity contribution is 7.86. The van der Waals surface area contributed by atoms with Crippen molar-refractivity contribution in [3.8, 4) is 22.6 Å². The van der Waals surface area contributed by atoms with Crippen molar-refractivity contribution in [2.24, 2.45) is 0 Å². The standard InChI is InChI=1S/C39H26Cl2F4O6P2/c1-50-35(46)22-51-39-32(41)19-21-34(53(49,29-14-6-25(44)7-15-29)30-16-8-26(45)9-17-30)37(39)36-33(20-18-31(40)38(36)47)52(48,27-10-2-23(42)3-11-27)28-12-4-24(43)5-13-28/h2-21,47H,22H2,1H3. The monoisotopic (exact) mass is 798 g/mol. The summed E-state index contributed by atoms with van der Waals surface area (Å²) in [4.78, 5) is 12.4. The van der Waals surface area contributed by atoms with Crippen LogP contribution in [0.2, 0.25) is 10.0 Å². The molecule has 0 amide bonds. The summed E-state index contributed by atoms with van der Waals surface area (Å²) in [5, 5.41) is 11.4. The molecular weight excluding hydrogens is 773 g/mol. The Kier molecular flexibility index (Phi) is 10.9. The summed E-state index contributed by atoms with van der Waals surface area (Å²) in [7, 11) is -7.51. The van der Waals surface area contributed by atoms with Gasteiger partial charge in [0.1, 0.15) is 34.8 Å². The maximum absolute atomic E-state index is 16.0. The van der Waals surface area contributed by atoms with Crippen LogP contribution < -0.4 is 36.6 Å². The van der Waals surface area contributed by atoms with Crippen LogP contribution in [0.1, 0.15) is 0 Å². The molecule has 0 radical (unpaired) electrons. The molecule has 0 unspecified atom stereocenters. The topological polar surface area (TPSA) is 89.9 Å². The van der Waals surface area contributed by atoms with E-state index in [1.54, 1.807) is 0 Å². The number of carbonyl (C=O) groups is 1. The molecular formula is C39H26Cl2F4O6P2. The van der Waals surface area contributed by atoms with Crippen LogP contribution in [-0.2, 0) is 18.7 Å². The van der Waals surface area contributed by atoms with Crippen LogP contribution in [0, 0.1) is 23.3 Å². The summed E-state index contributed by atoms with van der Waals surface area (Å²) in [6.07, 6.45) is 0. The summed E-state index contributed by atoms with van der Waals surface area (Å²) in [5.74, 6) is -4.45. The quantitative estimate of drug-likeness (QED) is 0.0867. The molecule has 0 bridgehead atoms. The third-order valence-electron chi connectivity index (χ3n) is 8.45. The van der Waals surface area contributed by atoms with E-state index in [-0.39, 0.29) is 58.7 Å². The second-order valence-corrected chi connectivity index (χ2v) is 17.8. The molecule has 0 fully saturated rings. The van der Waals surface area contributed by atoms with Crippen LogP contribution in [0.4, 0.5) is 17.6 Å². The summed E-state index contributed by atoms with van der Waals surface area (Å²) in [6.45, 7) is -0.742. The molecule has 0 heterocycles. The molecule has 0 saturated heterocycles. The number of esters is 1. The molecule has 0 aliphatic heterocycles. The summed E-state index contributed by atoms with van der Waals surface area (Å²) >= 11 is 13.3. The number of hydrogen-bond donors (Lipinski definition) is 1. The molecule has 53 heavy (non-hydrogen) atoms. The minimum absolute atomic E-state index is 0.0503. The number of halogens is 6. The van der Waals surface area contributed by atoms with E-state index in [0.29, 0.717) is 0 Å². The third kappa shape index (κ3) is 7.12. The van der Waals surface area contributed by atoms with Crippen molar-refractivity contribution >= 4 is 75.3 Å². The zero-order valence-electron chi connectivity index (χ0n) is 27.4. The van der Waals surface area contributed by atoms with Gasteiger partial charge in [-0.05, 0) is 121 Å². The van der Waals surface area contributed by atoms with Gasteiger partial charge in [-0.25, -0.2) is 22.4 Å². The summed E-state index contributed by atoms with van der Waals surface area (Å²) in [6, 6.07) is 24.0. The average Bonchev–Trinajstić information content (AvgIpc) is 3.15. The van der Waals surface area contributed by atoms with E-state index < -0.39 is 55.9 Å². The lowest BCUT2D eigenvalue weighted by molar-refractivity contribution is -0.142. The molecule has 14 heteroatoms. The molecule has 1 N–H and O–H groups in total. The van der Waals surface area contributed by atoms with Gasteiger partial charge in [-0.2, -0.15) is 0 Å². The van der Waals surface area contributed by atoms with Crippen LogP contribution in [0.3, 0.4) is 0 Å². The van der Waals surface area contributed by atoms with E-state index in [2.05, 4.69) is 0 Å². The zero-order chi connectivity index (χ0) is 38.1. The van der Waals surface area contributed by atoms with Gasteiger partial charge in [-0.15, -0.1) is 0 Å². The van der Waals surface area contributed by atoms with Gasteiger partial charge in [0, 0.05) is 43.0 Å². The van der Waals surface area contributed by atoms with Gasteiger partial charge in [0.2, 0.25) is 0 Å². The minimum Gasteiger partial charge on any atom is -0.506 e. The Bertz CT molecular complexity index is 2330. The van der Waals surface area contributed by atoms with Crippen molar-refractivity contribution in [3.05, 3.63) is 155 Å². The number of ether oxygens (including phenoxy) is 2. The van der Waals surface area contributed by atoms with Crippen LogP contribution in [0.15, 0.2) is 121 Å². The fourth-order valence-electron chi connectivity index (χ4n) is 5.90. The Morgan fingerprint density at radius 3 is 1.26 bits per heavy atom. The lowest BCUT2D eigenvalue weighted by atomic mass is 10.0. The predicted octanol–water partition coefficient (Wildman–Crippen LogP) is 7.75. The Labute approximate surface area is 311 Å². The molecule has 0 saturated carbocycles. The third-order valence-corrected chi connectivity index (χ3v) is 15.3. The predicted molar refractivity (Wildman–Crippen MR) is 200 cm³/mol. The Morgan fingerprint density at radius 1 is 0.566 bits per heavy atom. The molecule has 0 spiro atoms. The van der Waals surface area contributed by atoms with E-state index >= 15 is 9.13 Å². The van der Waals surface area contributed by atoms with Gasteiger partial charge in [0.15, 0.2) is 20.9 Å². The van der Waals surface area contributed by atoms with Crippen LogP contribution in [0.25, 0.3) is 11.1 Å². The van der Waals surface area contributed by atoms with E-state index in [1.807, 2.05) is 0 Å². The van der Waals surface area contributed by atoms with Crippen molar-refractivity contribution in [2.75, 3.05) is 13.7 Å². The molecule has 6 rings (SSSR count). The molecule has 0 atom stereocenters. The highest BCUT2D eigenvalue weighted by Gasteiger charge is 2.40. The molecule has 0 aliphatic rings. The molecule has 0 aliphatic carbocycles. The van der Waals surface area contributed by atoms with Crippen molar-refractivity contribution < 1.29 is 46.1 Å². The maximum atomic E-state index is 16.0. The van der Waals surface area contributed by atoms with Gasteiger partial charge < -0.3 is 23.7 Å². The number of benzene rings is 6. The molecule has 6 aromatic carbocycles. The first-order valence-corrected chi connectivity index (χ1v) is 19.8. The first kappa shape index (κ1) is 37.9. The number of methoxy groups -OCH3 is 1. The fourth-order valence-corrected chi connectivity index (χ4v) is 11.9. The first-order valence-electron chi connectivity index (χ1n) is 15.6. The van der Waals surface area contributed by atoms with Crippen molar-refractivity contribution in [1.82, 2.24) is 0 Å². The second kappa shape index (κ2) is 15.2. The van der Waals surface area contributed by atoms with Gasteiger partial charge in [-0.1, -0.05) is 23.2 Å². The first-order chi connectivity index (χ1) is 25.3. The largest absolute Gasteiger partial charge is 0.506 e. The Morgan fingerprint density at radius 2 is 0.906 bits per heavy atom. The summed E-state index contributed by atoms with van der Waals surface area (Å²) in [5.41, 5.74) is -0.575. The molecule has 270 valence electrons. The Balaban J connectivity index is 1.81. The van der Waals surface area contributed by atoms with Crippen molar-refractivity contribution in [2.45, 2.75) is 0 Å². The number of aromatic hydroxyl groups is 1. The number of phenolic OH excluding ortho intramolecular Hbond substituents is 1. The van der Waals surface area contributed by atoms with E-state index in [4.69, 9.17) is 32.7 Å². The van der Waals surface area contributed by atoms with Gasteiger partial charge in [0.05, 0.1) is 17.2 Å². The van der Waals surface area contributed by atoms with Crippen molar-refractivity contribution in [1.29, 1.82) is 0 Å². The van der Waals surface area contributed by atoms with E-state index in [0.717, 1.165) is 55.6 Å². The number of carbonyl (C=O) groups excluding carboxylic acids is 1. The molecule has 6 nitrogen and oxygen atoms in total. The summed E-state index contributed by atoms with van der Waals surface area (Å²) < 4.78 is 99.7. The van der Waals surface area contributed by atoms with Gasteiger partial charge in [0.25, 0.3) is 0 Å². The number of phenols is 1.